The second kappa shape index (κ2) is 22.2. The van der Waals surface area contributed by atoms with Gasteiger partial charge in [-0.15, -0.1) is 0 Å². The van der Waals surface area contributed by atoms with Crippen LogP contribution in [0, 0.1) is 17.8 Å². The Morgan fingerprint density at radius 3 is 1.88 bits per heavy atom. The van der Waals surface area contributed by atoms with Crippen molar-refractivity contribution < 1.29 is 44.3 Å². The van der Waals surface area contributed by atoms with Gasteiger partial charge >= 0.3 is 11.9 Å². The molecule has 9 nitrogen and oxygen atoms in total. The largest absolute Gasteiger partial charge is 0.467 e. The van der Waals surface area contributed by atoms with E-state index in [9.17, 15) is 34.8 Å². The van der Waals surface area contributed by atoms with E-state index in [0.717, 1.165) is 25.5 Å². The van der Waals surface area contributed by atoms with E-state index >= 15 is 0 Å². The number of unbranched alkanes of at least 4 members (excludes halogenated alkanes) is 7. The molecule has 248 valence electrons. The van der Waals surface area contributed by atoms with Crippen molar-refractivity contribution in [2.45, 2.75) is 131 Å². The van der Waals surface area contributed by atoms with Crippen molar-refractivity contribution in [2.24, 2.45) is 17.8 Å². The minimum atomic E-state index is -1.99. The van der Waals surface area contributed by atoms with Crippen LogP contribution >= 0.6 is 0 Å². The fourth-order valence-corrected chi connectivity index (χ4v) is 4.99. The molecule has 0 aromatic carbocycles. The molecule has 0 spiro atoms. The van der Waals surface area contributed by atoms with E-state index in [1.54, 1.807) is 19.9 Å². The zero-order chi connectivity index (χ0) is 33.1. The highest BCUT2D eigenvalue weighted by Gasteiger charge is 2.32. The third kappa shape index (κ3) is 16.4. The Labute approximate surface area is 259 Å². The van der Waals surface area contributed by atoms with Crippen LogP contribution in [-0.2, 0) is 23.9 Å². The zero-order valence-corrected chi connectivity index (χ0v) is 27.7. The van der Waals surface area contributed by atoms with Gasteiger partial charge in [-0.25, -0.2) is 9.59 Å². The maximum Gasteiger partial charge on any atom is 0.337 e. The lowest BCUT2D eigenvalue weighted by molar-refractivity contribution is -0.165. The smallest absolute Gasteiger partial charge is 0.337 e. The molecule has 0 saturated carbocycles. The van der Waals surface area contributed by atoms with Gasteiger partial charge in [0.15, 0.2) is 11.9 Å². The van der Waals surface area contributed by atoms with E-state index in [1.807, 2.05) is 19.9 Å². The molecule has 0 aliphatic heterocycles. The number of rotatable bonds is 22. The molecular weight excluding hydrogens is 552 g/mol. The van der Waals surface area contributed by atoms with Crippen molar-refractivity contribution in [3.8, 4) is 0 Å². The minimum absolute atomic E-state index is 0.0693. The monoisotopic (exact) mass is 610 g/mol. The topological polar surface area (TPSA) is 151 Å². The Kier molecular flexibility index (Phi) is 21.0. The van der Waals surface area contributed by atoms with Crippen molar-refractivity contribution >= 4 is 17.7 Å². The van der Waals surface area contributed by atoms with E-state index in [4.69, 9.17) is 4.74 Å². The fraction of sp³-hybridized carbons (Fsp3) is 0.735. The van der Waals surface area contributed by atoms with Gasteiger partial charge in [-0.1, -0.05) is 103 Å². The lowest BCUT2D eigenvalue weighted by Gasteiger charge is -2.23. The van der Waals surface area contributed by atoms with E-state index in [0.29, 0.717) is 5.57 Å². The summed E-state index contributed by atoms with van der Waals surface area (Å²) in [7, 11) is 1.01. The molecule has 0 amide bonds. The van der Waals surface area contributed by atoms with Crippen LogP contribution in [0.15, 0.2) is 34.9 Å². The summed E-state index contributed by atoms with van der Waals surface area (Å²) < 4.78 is 9.25. The maximum absolute atomic E-state index is 12.9. The van der Waals surface area contributed by atoms with E-state index in [1.165, 1.54) is 57.9 Å². The van der Waals surface area contributed by atoms with E-state index in [-0.39, 0.29) is 23.2 Å². The number of ketones is 1. The van der Waals surface area contributed by atoms with Crippen molar-refractivity contribution in [3.05, 3.63) is 34.9 Å². The maximum atomic E-state index is 12.9. The van der Waals surface area contributed by atoms with Gasteiger partial charge in [0.05, 0.1) is 13.2 Å². The lowest BCUT2D eigenvalue weighted by atomic mass is 9.88. The number of esters is 2. The van der Waals surface area contributed by atoms with Crippen LogP contribution in [0.2, 0.25) is 0 Å². The number of carbonyl (C=O) groups excluding carboxylic acids is 3. The van der Waals surface area contributed by atoms with Crippen LogP contribution in [-0.4, -0.2) is 76.3 Å². The summed E-state index contributed by atoms with van der Waals surface area (Å²) >= 11 is 0. The first-order valence-corrected chi connectivity index (χ1v) is 15.7. The molecule has 0 unspecified atom stereocenters. The molecule has 4 N–H and O–H groups in total. The molecule has 7 atom stereocenters. The van der Waals surface area contributed by atoms with Crippen molar-refractivity contribution in [2.75, 3.05) is 13.7 Å². The first-order valence-electron chi connectivity index (χ1n) is 15.7. The highest BCUT2D eigenvalue weighted by atomic mass is 16.6. The Morgan fingerprint density at radius 1 is 0.767 bits per heavy atom. The third-order valence-electron chi connectivity index (χ3n) is 7.77. The molecule has 0 heterocycles. The normalized spacial score (nSPS) is 17.8. The van der Waals surface area contributed by atoms with Gasteiger partial charge < -0.3 is 29.9 Å². The van der Waals surface area contributed by atoms with Gasteiger partial charge in [0.1, 0.15) is 18.8 Å². The quantitative estimate of drug-likeness (QED) is 0.0575. The number of allylic oxidation sites excluding steroid dienone is 4. The van der Waals surface area contributed by atoms with Gasteiger partial charge in [0, 0.05) is 17.4 Å². The number of aliphatic hydroxyl groups is 4. The molecule has 0 saturated heterocycles. The van der Waals surface area contributed by atoms with Crippen LogP contribution in [0.3, 0.4) is 0 Å². The van der Waals surface area contributed by atoms with Crippen molar-refractivity contribution in [1.29, 1.82) is 0 Å². The summed E-state index contributed by atoms with van der Waals surface area (Å²) in [5.74, 6) is -2.67. The SMILES string of the molecule is CCCCCCCCCC[C@H](C)[C@@H](O)[C@@H](C)/C=C(C)/C=C(\C)C(=O)[C@H](C)/C=C(\C)C(=O)OC[C@H](O)[C@@H](O)[C@H](O)C(=O)OC. The number of Topliss-reactive ketones (excluding diaryl/α,β-unsaturated/α-hetero) is 1. The number of hydrogen-bond donors (Lipinski definition) is 4. The highest BCUT2D eigenvalue weighted by molar-refractivity contribution is 5.99. The van der Waals surface area contributed by atoms with Gasteiger partial charge in [-0.05, 0) is 38.7 Å². The summed E-state index contributed by atoms with van der Waals surface area (Å²) in [4.78, 5) is 36.6. The van der Waals surface area contributed by atoms with E-state index in [2.05, 4.69) is 18.6 Å². The molecule has 43 heavy (non-hydrogen) atoms. The predicted octanol–water partition coefficient (Wildman–Crippen LogP) is 4.99. The number of carbonyl (C=O) groups is 3. The fourth-order valence-electron chi connectivity index (χ4n) is 4.99. The number of hydrogen-bond acceptors (Lipinski definition) is 9. The third-order valence-corrected chi connectivity index (χ3v) is 7.77. The first kappa shape index (κ1) is 40.7. The Hall–Kier alpha value is -2.33. The molecule has 0 aliphatic rings. The lowest BCUT2D eigenvalue weighted by Crippen LogP contribution is -2.45. The summed E-state index contributed by atoms with van der Waals surface area (Å²) in [6.07, 6.45) is 10.2. The zero-order valence-electron chi connectivity index (χ0n) is 27.7. The molecule has 0 bridgehead atoms. The molecule has 0 fully saturated rings. The average molecular weight is 611 g/mol. The Balaban J connectivity index is 4.90. The average Bonchev–Trinajstić information content (AvgIpc) is 2.98. The van der Waals surface area contributed by atoms with Crippen molar-refractivity contribution in [3.63, 3.8) is 0 Å². The van der Waals surface area contributed by atoms with Gasteiger partial charge in [-0.3, -0.25) is 4.79 Å². The minimum Gasteiger partial charge on any atom is -0.467 e. The van der Waals surface area contributed by atoms with Crippen LogP contribution in [0.4, 0.5) is 0 Å². The molecule has 0 radical (unpaired) electrons. The summed E-state index contributed by atoms with van der Waals surface area (Å²) in [5, 5.41) is 40.2. The molecule has 0 aromatic heterocycles. The molecule has 0 aliphatic carbocycles. The standard InChI is InChI=1S/C34H58O9/c1-9-10-11-12-13-14-15-16-17-23(3)29(36)24(4)18-22(2)19-25(5)30(37)26(6)20-27(7)33(40)43-21-28(35)31(38)32(39)34(41)42-8/h18-20,23-24,26,28-29,31-32,35-36,38-39H,9-17,21H2,1-8H3/b22-18+,25-19+,27-20+/t23-,24-,26+,28-,29+,31+,32-/m0/s1. The van der Waals surface area contributed by atoms with Crippen molar-refractivity contribution in [1.82, 2.24) is 0 Å². The highest BCUT2D eigenvalue weighted by Crippen LogP contribution is 2.23. The predicted molar refractivity (Wildman–Crippen MR) is 168 cm³/mol. The second-order valence-corrected chi connectivity index (χ2v) is 12.0. The second-order valence-electron chi connectivity index (χ2n) is 12.0. The molecule has 0 rings (SSSR count). The summed E-state index contributed by atoms with van der Waals surface area (Å²) in [6.45, 7) is 12.3. The number of methoxy groups -OCH3 is 1. The number of ether oxygens (including phenoxy) is 2. The summed E-state index contributed by atoms with van der Waals surface area (Å²) in [6, 6.07) is 0. The first-order chi connectivity index (χ1) is 20.2. The van der Waals surface area contributed by atoms with Gasteiger partial charge in [0.25, 0.3) is 0 Å². The van der Waals surface area contributed by atoms with Gasteiger partial charge in [0.2, 0.25) is 0 Å². The van der Waals surface area contributed by atoms with Crippen LogP contribution in [0.5, 0.6) is 0 Å². The number of aliphatic hydroxyl groups excluding tert-OH is 4. The Morgan fingerprint density at radius 2 is 1.33 bits per heavy atom. The molecule has 0 aromatic rings. The summed E-state index contributed by atoms with van der Waals surface area (Å²) in [5.41, 5.74) is 1.49. The Bertz CT molecular complexity index is 936. The van der Waals surface area contributed by atoms with Crippen LogP contribution in [0.1, 0.15) is 106 Å². The van der Waals surface area contributed by atoms with Crippen LogP contribution in [0.25, 0.3) is 0 Å². The van der Waals surface area contributed by atoms with Gasteiger partial charge in [-0.2, -0.15) is 0 Å². The van der Waals surface area contributed by atoms with E-state index < -0.39 is 48.9 Å². The molecule has 9 heteroatoms. The van der Waals surface area contributed by atoms with Crippen LogP contribution < -0.4 is 0 Å². The molecular formula is C34H58O9.